The molecule has 2 heterocycles. The molecule has 6 nitrogen and oxygen atoms in total. The van der Waals surface area contributed by atoms with Gasteiger partial charge in [0.15, 0.2) is 5.70 Å². The number of anilines is 2. The summed E-state index contributed by atoms with van der Waals surface area (Å²) in [6.07, 6.45) is 0.361. The Kier molecular flexibility index (Phi) is 4.91. The van der Waals surface area contributed by atoms with E-state index >= 15 is 0 Å². The van der Waals surface area contributed by atoms with Crippen molar-refractivity contribution in [2.45, 2.75) is 25.9 Å². The number of halogens is 1. The maximum atomic E-state index is 14.6. The number of aliphatic hydroxyl groups excluding tert-OH is 1. The number of hydrogen-bond donors (Lipinski definition) is 1. The van der Waals surface area contributed by atoms with E-state index in [0.29, 0.717) is 24.5 Å². The lowest BCUT2D eigenvalue weighted by atomic mass is 10.0. The highest BCUT2D eigenvalue weighted by Gasteiger charge is 2.32. The molecule has 1 N–H and O–H groups in total. The largest absolute Gasteiger partial charge is 0.441 e. The second-order valence-electron chi connectivity index (χ2n) is 6.22. The third-order valence-electron chi connectivity index (χ3n) is 4.71. The van der Waals surface area contributed by atoms with E-state index in [0.717, 1.165) is 24.1 Å². The fourth-order valence-electron chi connectivity index (χ4n) is 3.21. The zero-order valence-electron chi connectivity index (χ0n) is 14.0. The second kappa shape index (κ2) is 7.11. The molecule has 1 amide bonds. The molecule has 7 heteroatoms. The van der Waals surface area contributed by atoms with E-state index in [-0.39, 0.29) is 13.2 Å². The number of benzene rings is 1. The summed E-state index contributed by atoms with van der Waals surface area (Å²) < 4.78 is 19.6. The maximum absolute atomic E-state index is 14.6. The molecule has 0 radical (unpaired) electrons. The molecule has 2 aliphatic rings. The molecule has 1 atom stereocenters. The van der Waals surface area contributed by atoms with Crippen LogP contribution >= 0.6 is 0 Å². The molecular formula is C18H20FN3O3. The van der Waals surface area contributed by atoms with Crippen LogP contribution in [0.4, 0.5) is 20.6 Å². The summed E-state index contributed by atoms with van der Waals surface area (Å²) in [5.41, 5.74) is 2.79. The van der Waals surface area contributed by atoms with Gasteiger partial charge in [-0.25, -0.2) is 14.0 Å². The summed E-state index contributed by atoms with van der Waals surface area (Å²) in [7, 11) is 0. The number of allylic oxidation sites excluding steroid dienone is 1. The van der Waals surface area contributed by atoms with Crippen molar-refractivity contribution in [3.05, 3.63) is 46.7 Å². The van der Waals surface area contributed by atoms with Gasteiger partial charge in [-0.1, -0.05) is 5.57 Å². The van der Waals surface area contributed by atoms with Gasteiger partial charge < -0.3 is 14.7 Å². The van der Waals surface area contributed by atoms with E-state index in [2.05, 4.69) is 4.85 Å². The molecule has 1 aromatic carbocycles. The van der Waals surface area contributed by atoms with Crippen molar-refractivity contribution in [2.75, 3.05) is 36.0 Å². The molecule has 0 bridgehead atoms. The van der Waals surface area contributed by atoms with Gasteiger partial charge in [-0.2, -0.15) is 0 Å². The lowest BCUT2D eigenvalue weighted by molar-refractivity contribution is 0.0963. The molecule has 0 unspecified atom stereocenters. The van der Waals surface area contributed by atoms with E-state index in [4.69, 9.17) is 16.4 Å². The fraction of sp³-hybridized carbons (Fsp3) is 0.444. The molecular weight excluding hydrogens is 325 g/mol. The van der Waals surface area contributed by atoms with Gasteiger partial charge in [-0.3, -0.25) is 4.90 Å². The predicted molar refractivity (Wildman–Crippen MR) is 91.8 cm³/mol. The third-order valence-corrected chi connectivity index (χ3v) is 4.71. The van der Waals surface area contributed by atoms with Crippen LogP contribution in [-0.2, 0) is 4.74 Å². The average Bonchev–Trinajstić information content (AvgIpc) is 3.02. The predicted octanol–water partition coefficient (Wildman–Crippen LogP) is 2.94. The number of amides is 1. The number of nitrogens with zero attached hydrogens (tertiary/aromatic N) is 3. The highest BCUT2D eigenvalue weighted by molar-refractivity contribution is 5.90. The molecule has 0 aliphatic carbocycles. The van der Waals surface area contributed by atoms with E-state index in [1.54, 1.807) is 12.1 Å². The smallest absolute Gasteiger partial charge is 0.414 e. The molecule has 2 fully saturated rings. The third kappa shape index (κ3) is 3.44. The van der Waals surface area contributed by atoms with Crippen molar-refractivity contribution in [1.29, 1.82) is 0 Å². The van der Waals surface area contributed by atoms with Gasteiger partial charge >= 0.3 is 6.09 Å². The van der Waals surface area contributed by atoms with Crippen molar-refractivity contribution >= 4 is 17.5 Å². The highest BCUT2D eigenvalue weighted by atomic mass is 19.1. The Labute approximate surface area is 145 Å². The number of rotatable bonds is 3. The van der Waals surface area contributed by atoms with Gasteiger partial charge in [0, 0.05) is 13.1 Å². The lowest BCUT2D eigenvalue weighted by Crippen LogP contribution is -2.31. The summed E-state index contributed by atoms with van der Waals surface area (Å²) in [4.78, 5) is 18.6. The Morgan fingerprint density at radius 2 is 2.16 bits per heavy atom. The lowest BCUT2D eigenvalue weighted by Gasteiger charge is -2.31. The first-order valence-corrected chi connectivity index (χ1v) is 8.23. The number of carbonyl (C=O) groups is 1. The van der Waals surface area contributed by atoms with Crippen molar-refractivity contribution < 1.29 is 19.0 Å². The Hall–Kier alpha value is -2.59. The molecule has 2 saturated heterocycles. The zero-order valence-corrected chi connectivity index (χ0v) is 14.0. The van der Waals surface area contributed by atoms with Crippen LogP contribution in [0.1, 0.15) is 19.8 Å². The van der Waals surface area contributed by atoms with E-state index < -0.39 is 18.0 Å². The highest BCUT2D eigenvalue weighted by Crippen LogP contribution is 2.31. The monoisotopic (exact) mass is 345 g/mol. The molecule has 0 saturated carbocycles. The number of hydrogen-bond acceptors (Lipinski definition) is 4. The molecule has 0 spiro atoms. The van der Waals surface area contributed by atoms with E-state index in [1.165, 1.54) is 11.0 Å². The van der Waals surface area contributed by atoms with Crippen LogP contribution in [0.5, 0.6) is 0 Å². The number of carbonyl (C=O) groups excluding carboxylic acids is 1. The first kappa shape index (κ1) is 17.2. The van der Waals surface area contributed by atoms with Gasteiger partial charge in [-0.15, -0.1) is 0 Å². The summed E-state index contributed by atoms with van der Waals surface area (Å²) in [6, 6.07) is 4.68. The van der Waals surface area contributed by atoms with Crippen LogP contribution in [0, 0.1) is 12.4 Å². The molecule has 3 rings (SSSR count). The normalized spacial score (nSPS) is 20.5. The summed E-state index contributed by atoms with van der Waals surface area (Å²) in [5.74, 6) is -0.396. The number of aliphatic hydroxyl groups is 1. The van der Waals surface area contributed by atoms with Crippen LogP contribution in [0.15, 0.2) is 29.5 Å². The van der Waals surface area contributed by atoms with Crippen LogP contribution in [0.2, 0.25) is 0 Å². The Morgan fingerprint density at radius 1 is 1.44 bits per heavy atom. The van der Waals surface area contributed by atoms with Crippen molar-refractivity contribution in [2.24, 2.45) is 0 Å². The van der Waals surface area contributed by atoms with Crippen LogP contribution in [0.3, 0.4) is 0 Å². The maximum Gasteiger partial charge on any atom is 0.414 e. The van der Waals surface area contributed by atoms with Crippen molar-refractivity contribution in [1.82, 2.24) is 0 Å². The van der Waals surface area contributed by atoms with Gasteiger partial charge in [0.05, 0.1) is 31.1 Å². The van der Waals surface area contributed by atoms with Crippen LogP contribution in [0.25, 0.3) is 4.85 Å². The number of cyclic esters (lactones) is 1. The van der Waals surface area contributed by atoms with Crippen LogP contribution in [-0.4, -0.2) is 43.5 Å². The number of piperidine rings is 1. The standard InChI is InChI=1S/C18H20FN3O3/c1-12(20-2)13-5-7-21(8-6-13)17-4-3-14(9-16(17)19)22-10-15(11-23)25-18(22)24/h3-4,9,15,23H,5-8,10-11H2,1H3/t15-/m1/s1. The molecule has 1 aromatic rings. The quantitative estimate of drug-likeness (QED) is 0.856. The first-order valence-electron chi connectivity index (χ1n) is 8.23. The van der Waals surface area contributed by atoms with Crippen molar-refractivity contribution in [3.63, 3.8) is 0 Å². The molecule has 132 valence electrons. The minimum Gasteiger partial charge on any atom is -0.441 e. The van der Waals surface area contributed by atoms with E-state index in [9.17, 15) is 9.18 Å². The number of ether oxygens (including phenoxy) is 1. The second-order valence-corrected chi connectivity index (χ2v) is 6.22. The topological polar surface area (TPSA) is 57.4 Å². The minimum absolute atomic E-state index is 0.210. The van der Waals surface area contributed by atoms with E-state index in [1.807, 2.05) is 11.8 Å². The van der Waals surface area contributed by atoms with Gasteiger partial charge in [0.1, 0.15) is 11.9 Å². The molecule has 2 aliphatic heterocycles. The summed E-state index contributed by atoms with van der Waals surface area (Å²) in [6.45, 7) is 10.2. The Morgan fingerprint density at radius 3 is 2.72 bits per heavy atom. The van der Waals surface area contributed by atoms with Gasteiger partial charge in [0.2, 0.25) is 0 Å². The SMILES string of the molecule is [C-]#[N+]C(C)=C1CCN(c2ccc(N3C[C@H](CO)OC3=O)cc2F)CC1. The summed E-state index contributed by atoms with van der Waals surface area (Å²) >= 11 is 0. The zero-order chi connectivity index (χ0) is 18.0. The van der Waals surface area contributed by atoms with Crippen LogP contribution < -0.4 is 9.80 Å². The summed E-state index contributed by atoms with van der Waals surface area (Å²) in [5, 5.41) is 9.09. The van der Waals surface area contributed by atoms with Gasteiger partial charge in [0.25, 0.3) is 0 Å². The minimum atomic E-state index is -0.576. The molecule has 0 aromatic heterocycles. The average molecular weight is 345 g/mol. The Bertz CT molecular complexity index is 746. The van der Waals surface area contributed by atoms with Gasteiger partial charge in [-0.05, 0) is 38.0 Å². The molecule has 25 heavy (non-hydrogen) atoms. The Balaban J connectivity index is 1.73. The van der Waals surface area contributed by atoms with Crippen molar-refractivity contribution in [3.8, 4) is 0 Å². The first-order chi connectivity index (χ1) is 12.0. The fourth-order valence-corrected chi connectivity index (χ4v) is 3.21.